The number of urea groups is 1. The zero-order valence-electron chi connectivity index (χ0n) is 17.7. The number of hydrogen-bond donors (Lipinski definition) is 5. The molecule has 0 saturated carbocycles. The van der Waals surface area contributed by atoms with Gasteiger partial charge in [-0.25, -0.2) is 19.4 Å². The summed E-state index contributed by atoms with van der Waals surface area (Å²) in [5.74, 6) is -1.99. The van der Waals surface area contributed by atoms with E-state index in [1.807, 2.05) is 0 Å². The van der Waals surface area contributed by atoms with Crippen molar-refractivity contribution in [1.82, 2.24) is 29.7 Å². The molecular formula is C17H24N8O7. The standard InChI is InChI=1S/C17H24N8O7/c1-17(2,3)32-16(31)19-4-5-24(7-10(27)28)9(26)6-25-8-20-11-12(21-14(18)29)22-15(30)23-13(11)25/h8H,4-7H2,1-3H3,(H,19,31)(H,27,28)(H4,18,21,22,23,29,30). The van der Waals surface area contributed by atoms with Crippen molar-refractivity contribution in [1.29, 1.82) is 0 Å². The summed E-state index contributed by atoms with van der Waals surface area (Å²) in [5, 5.41) is 13.8. The van der Waals surface area contributed by atoms with Gasteiger partial charge in [0, 0.05) is 13.1 Å². The lowest BCUT2D eigenvalue weighted by atomic mass is 10.2. The molecule has 0 aromatic carbocycles. The highest BCUT2D eigenvalue weighted by molar-refractivity contribution is 5.95. The van der Waals surface area contributed by atoms with Gasteiger partial charge in [0.2, 0.25) is 5.91 Å². The molecular weight excluding hydrogens is 428 g/mol. The summed E-state index contributed by atoms with van der Waals surface area (Å²) in [6, 6.07) is -0.941. The van der Waals surface area contributed by atoms with Crippen molar-refractivity contribution in [2.45, 2.75) is 32.9 Å². The van der Waals surface area contributed by atoms with Gasteiger partial charge in [0.25, 0.3) is 0 Å². The number of nitrogens with two attached hydrogens (primary N) is 1. The van der Waals surface area contributed by atoms with Gasteiger partial charge in [-0.05, 0) is 20.8 Å². The van der Waals surface area contributed by atoms with Gasteiger partial charge in [-0.2, -0.15) is 4.98 Å². The molecule has 15 heteroatoms. The van der Waals surface area contributed by atoms with Crippen LogP contribution in [0.25, 0.3) is 11.2 Å². The number of nitrogens with one attached hydrogen (secondary N) is 3. The molecule has 4 amide bonds. The van der Waals surface area contributed by atoms with Crippen LogP contribution < -0.4 is 22.1 Å². The first-order valence-electron chi connectivity index (χ1n) is 9.33. The van der Waals surface area contributed by atoms with Crippen molar-refractivity contribution >= 4 is 41.0 Å². The normalized spacial score (nSPS) is 11.1. The average Bonchev–Trinajstić information content (AvgIpc) is 3.01. The van der Waals surface area contributed by atoms with Gasteiger partial charge in [0.1, 0.15) is 30.0 Å². The number of nitrogens with zero attached hydrogens (tertiary/aromatic N) is 4. The molecule has 2 rings (SSSR count). The molecule has 0 saturated heterocycles. The van der Waals surface area contributed by atoms with E-state index in [9.17, 15) is 24.0 Å². The van der Waals surface area contributed by atoms with Crippen molar-refractivity contribution in [2.24, 2.45) is 5.73 Å². The number of rotatable bonds is 8. The van der Waals surface area contributed by atoms with Crippen LogP contribution in [0.1, 0.15) is 20.8 Å². The van der Waals surface area contributed by atoms with Gasteiger partial charge < -0.3 is 30.4 Å². The largest absolute Gasteiger partial charge is 0.480 e. The molecule has 32 heavy (non-hydrogen) atoms. The van der Waals surface area contributed by atoms with Gasteiger partial charge in [-0.1, -0.05) is 0 Å². The lowest BCUT2D eigenvalue weighted by molar-refractivity contribution is -0.144. The third-order valence-corrected chi connectivity index (χ3v) is 3.77. The van der Waals surface area contributed by atoms with E-state index in [1.54, 1.807) is 20.8 Å². The SMILES string of the molecule is CC(C)(C)OC(=O)NCCN(CC(=O)O)C(=O)Cn1cnc2c(NC(N)=O)[nH]c(=O)nc21. The highest BCUT2D eigenvalue weighted by Crippen LogP contribution is 2.16. The molecule has 0 spiro atoms. The van der Waals surface area contributed by atoms with E-state index in [2.05, 4.69) is 25.6 Å². The maximum atomic E-state index is 12.7. The van der Waals surface area contributed by atoms with Crippen LogP contribution >= 0.6 is 0 Å². The topological polar surface area (TPSA) is 215 Å². The molecule has 0 aliphatic heterocycles. The fraction of sp³-hybridized carbons (Fsp3) is 0.471. The Labute approximate surface area is 180 Å². The van der Waals surface area contributed by atoms with Crippen molar-refractivity contribution < 1.29 is 29.0 Å². The Kier molecular flexibility index (Phi) is 7.35. The highest BCUT2D eigenvalue weighted by atomic mass is 16.6. The number of aromatic amines is 1. The number of alkyl carbamates (subject to hydrolysis) is 1. The van der Waals surface area contributed by atoms with Crippen molar-refractivity contribution in [2.75, 3.05) is 25.0 Å². The van der Waals surface area contributed by atoms with Gasteiger partial charge >= 0.3 is 23.8 Å². The van der Waals surface area contributed by atoms with Gasteiger partial charge in [0.05, 0.1) is 6.33 Å². The maximum absolute atomic E-state index is 12.7. The number of aromatic nitrogens is 4. The number of carbonyl (C=O) groups is 4. The van der Waals surface area contributed by atoms with Crippen molar-refractivity contribution in [3.63, 3.8) is 0 Å². The highest BCUT2D eigenvalue weighted by Gasteiger charge is 2.21. The lowest BCUT2D eigenvalue weighted by Gasteiger charge is -2.23. The van der Waals surface area contributed by atoms with E-state index < -0.39 is 48.4 Å². The summed E-state index contributed by atoms with van der Waals surface area (Å²) in [7, 11) is 0. The predicted octanol–water partition coefficient (Wildman–Crippen LogP) is -0.952. The van der Waals surface area contributed by atoms with Crippen LogP contribution in [0.3, 0.4) is 0 Å². The van der Waals surface area contributed by atoms with Gasteiger partial charge in [-0.3, -0.25) is 19.9 Å². The Morgan fingerprint density at radius 1 is 1.31 bits per heavy atom. The Bertz CT molecular complexity index is 1080. The summed E-state index contributed by atoms with van der Waals surface area (Å²) >= 11 is 0. The molecule has 0 fully saturated rings. The van der Waals surface area contributed by atoms with Crippen LogP contribution in [-0.2, 0) is 20.9 Å². The molecule has 0 atom stereocenters. The second-order valence-electron chi connectivity index (χ2n) is 7.59. The number of carboxylic acids is 1. The monoisotopic (exact) mass is 452 g/mol. The minimum atomic E-state index is -1.26. The average molecular weight is 452 g/mol. The summed E-state index contributed by atoms with van der Waals surface area (Å²) in [5.41, 5.74) is 3.58. The predicted molar refractivity (Wildman–Crippen MR) is 110 cm³/mol. The van der Waals surface area contributed by atoms with E-state index in [1.165, 1.54) is 10.9 Å². The Morgan fingerprint density at radius 2 is 2.00 bits per heavy atom. The van der Waals surface area contributed by atoms with Crippen LogP contribution in [-0.4, -0.2) is 78.8 Å². The van der Waals surface area contributed by atoms with Crippen LogP contribution in [0.2, 0.25) is 0 Å². The molecule has 2 heterocycles. The molecule has 0 aliphatic rings. The zero-order chi connectivity index (χ0) is 24.1. The molecule has 2 aromatic heterocycles. The third kappa shape index (κ3) is 6.96. The first-order chi connectivity index (χ1) is 14.9. The number of carboxylic acid groups (broad SMARTS) is 1. The minimum absolute atomic E-state index is 0.0204. The maximum Gasteiger partial charge on any atom is 0.407 e. The number of carbonyl (C=O) groups excluding carboxylic acids is 3. The quantitative estimate of drug-likeness (QED) is 0.333. The van der Waals surface area contributed by atoms with E-state index in [4.69, 9.17) is 15.6 Å². The molecule has 0 bridgehead atoms. The second-order valence-corrected chi connectivity index (χ2v) is 7.59. The molecule has 0 unspecified atom stereocenters. The number of imidazole rings is 1. The van der Waals surface area contributed by atoms with Crippen molar-refractivity contribution in [3.8, 4) is 0 Å². The summed E-state index contributed by atoms with van der Waals surface area (Å²) in [6.07, 6.45) is 0.492. The summed E-state index contributed by atoms with van der Waals surface area (Å²) < 4.78 is 6.30. The Morgan fingerprint density at radius 3 is 2.59 bits per heavy atom. The lowest BCUT2D eigenvalue weighted by Crippen LogP contribution is -2.43. The fourth-order valence-corrected chi connectivity index (χ4v) is 2.60. The summed E-state index contributed by atoms with van der Waals surface area (Å²) in [6.45, 7) is 3.87. The molecule has 0 radical (unpaired) electrons. The fourth-order valence-electron chi connectivity index (χ4n) is 2.60. The second kappa shape index (κ2) is 9.76. The van der Waals surface area contributed by atoms with E-state index in [-0.39, 0.29) is 30.1 Å². The molecule has 6 N–H and O–H groups in total. The third-order valence-electron chi connectivity index (χ3n) is 3.77. The Hall–Kier alpha value is -4.17. The van der Waals surface area contributed by atoms with Crippen LogP contribution in [0, 0.1) is 0 Å². The number of anilines is 1. The van der Waals surface area contributed by atoms with Crippen LogP contribution in [0.4, 0.5) is 15.4 Å². The van der Waals surface area contributed by atoms with E-state index >= 15 is 0 Å². The number of primary amides is 1. The molecule has 174 valence electrons. The first-order valence-corrected chi connectivity index (χ1v) is 9.33. The first kappa shape index (κ1) is 24.1. The molecule has 15 nitrogen and oxygen atoms in total. The van der Waals surface area contributed by atoms with Crippen LogP contribution in [0.15, 0.2) is 11.1 Å². The number of amides is 4. The zero-order valence-corrected chi connectivity index (χ0v) is 17.7. The smallest absolute Gasteiger partial charge is 0.407 e. The van der Waals surface area contributed by atoms with E-state index in [0.29, 0.717) is 0 Å². The number of hydrogen-bond acceptors (Lipinski definition) is 8. The molecule has 2 aromatic rings. The number of fused-ring (bicyclic) bond motifs is 1. The molecule has 0 aliphatic carbocycles. The minimum Gasteiger partial charge on any atom is -0.480 e. The number of aliphatic carboxylic acids is 1. The van der Waals surface area contributed by atoms with Gasteiger partial charge in [0.15, 0.2) is 5.65 Å². The summed E-state index contributed by atoms with van der Waals surface area (Å²) in [4.78, 5) is 69.5. The van der Waals surface area contributed by atoms with E-state index in [0.717, 1.165) is 4.90 Å². The van der Waals surface area contributed by atoms with Crippen LogP contribution in [0.5, 0.6) is 0 Å². The Balaban J connectivity index is 2.14. The van der Waals surface area contributed by atoms with Crippen molar-refractivity contribution in [3.05, 3.63) is 16.8 Å². The number of ether oxygens (including phenoxy) is 1. The van der Waals surface area contributed by atoms with Gasteiger partial charge in [-0.15, -0.1) is 0 Å². The number of H-pyrrole nitrogens is 1.